The summed E-state index contributed by atoms with van der Waals surface area (Å²) in [5, 5.41) is 0. The van der Waals surface area contributed by atoms with Crippen molar-refractivity contribution < 1.29 is 4.79 Å². The molecule has 1 aromatic rings. The third kappa shape index (κ3) is 2.47. The van der Waals surface area contributed by atoms with Crippen molar-refractivity contribution in [2.24, 2.45) is 5.92 Å². The largest absolute Gasteiger partial charge is 0.367 e. The summed E-state index contributed by atoms with van der Waals surface area (Å²) in [5.74, 6) is 0.505. The molecule has 0 amide bonds. The maximum Gasteiger partial charge on any atom is 0.168 e. The van der Waals surface area contributed by atoms with Crippen molar-refractivity contribution in [3.8, 4) is 0 Å². The van der Waals surface area contributed by atoms with Gasteiger partial charge in [0.2, 0.25) is 0 Å². The molecule has 2 rings (SSSR count). The third-order valence-electron chi connectivity index (χ3n) is 3.62. The average molecular weight is 243 g/mol. The van der Waals surface area contributed by atoms with Crippen LogP contribution < -0.4 is 4.90 Å². The molecule has 0 saturated carbocycles. The van der Waals surface area contributed by atoms with Gasteiger partial charge in [-0.3, -0.25) is 4.79 Å². The minimum atomic E-state index is 0.186. The Morgan fingerprint density at radius 1 is 1.44 bits per heavy atom. The zero-order valence-corrected chi connectivity index (χ0v) is 11.1. The molecule has 0 fully saturated rings. The van der Waals surface area contributed by atoms with Crippen LogP contribution in [0.4, 0.5) is 5.69 Å². The minimum absolute atomic E-state index is 0.186. The molecule has 96 valence electrons. The number of hydrogen-bond donors (Lipinski definition) is 0. The lowest BCUT2D eigenvalue weighted by Gasteiger charge is -2.22. The standard InChI is InChI=1S/C16H21NO/c1-3-7-13-10-12-17(11-4-2)15-9-6-5-8-14(15)16(13)18/h4-6,8-9,13H,2-3,7,10-12H2,1H3. The van der Waals surface area contributed by atoms with E-state index in [1.807, 2.05) is 30.3 Å². The van der Waals surface area contributed by atoms with Crippen molar-refractivity contribution in [1.82, 2.24) is 0 Å². The second-order valence-corrected chi connectivity index (χ2v) is 4.89. The number of rotatable bonds is 4. The molecule has 1 aromatic carbocycles. The Labute approximate surface area is 109 Å². The molecular weight excluding hydrogens is 222 g/mol. The molecule has 0 aliphatic carbocycles. The van der Waals surface area contributed by atoms with E-state index in [0.717, 1.165) is 43.6 Å². The average Bonchev–Trinajstić information content (AvgIpc) is 2.52. The summed E-state index contributed by atoms with van der Waals surface area (Å²) in [6.45, 7) is 7.70. The van der Waals surface area contributed by atoms with Gasteiger partial charge in [-0.05, 0) is 25.0 Å². The van der Waals surface area contributed by atoms with E-state index >= 15 is 0 Å². The second kappa shape index (κ2) is 5.85. The Balaban J connectivity index is 2.37. The zero-order chi connectivity index (χ0) is 13.0. The molecule has 18 heavy (non-hydrogen) atoms. The van der Waals surface area contributed by atoms with E-state index in [4.69, 9.17) is 0 Å². The molecule has 1 atom stereocenters. The Morgan fingerprint density at radius 3 is 2.94 bits per heavy atom. The Kier molecular flexibility index (Phi) is 4.19. The van der Waals surface area contributed by atoms with Crippen molar-refractivity contribution >= 4 is 11.5 Å². The molecule has 0 spiro atoms. The van der Waals surface area contributed by atoms with Gasteiger partial charge in [0.05, 0.1) is 0 Å². The van der Waals surface area contributed by atoms with Gasteiger partial charge in [-0.2, -0.15) is 0 Å². The van der Waals surface area contributed by atoms with Gasteiger partial charge in [0.25, 0.3) is 0 Å². The SMILES string of the molecule is C=CCN1CCC(CCC)C(=O)c2ccccc21. The lowest BCUT2D eigenvalue weighted by molar-refractivity contribution is 0.0911. The molecule has 1 unspecified atom stereocenters. The fourth-order valence-corrected chi connectivity index (χ4v) is 2.71. The minimum Gasteiger partial charge on any atom is -0.367 e. The van der Waals surface area contributed by atoms with Gasteiger partial charge in [0.1, 0.15) is 0 Å². The van der Waals surface area contributed by atoms with Crippen LogP contribution in [0.2, 0.25) is 0 Å². The van der Waals surface area contributed by atoms with Gasteiger partial charge in [-0.25, -0.2) is 0 Å². The normalized spacial score (nSPS) is 19.3. The van der Waals surface area contributed by atoms with Crippen LogP contribution in [-0.2, 0) is 0 Å². The van der Waals surface area contributed by atoms with Crippen LogP contribution in [-0.4, -0.2) is 18.9 Å². The number of Topliss-reactive ketones (excluding diaryl/α,β-unsaturated/α-hetero) is 1. The highest BCUT2D eigenvalue weighted by Gasteiger charge is 2.27. The van der Waals surface area contributed by atoms with E-state index in [0.29, 0.717) is 5.78 Å². The molecule has 0 saturated heterocycles. The maximum atomic E-state index is 12.5. The molecule has 0 N–H and O–H groups in total. The summed E-state index contributed by atoms with van der Waals surface area (Å²) < 4.78 is 0. The van der Waals surface area contributed by atoms with Gasteiger partial charge in [0.15, 0.2) is 5.78 Å². The van der Waals surface area contributed by atoms with Crippen molar-refractivity contribution in [2.45, 2.75) is 26.2 Å². The summed E-state index contributed by atoms with van der Waals surface area (Å²) >= 11 is 0. The lowest BCUT2D eigenvalue weighted by Crippen LogP contribution is -2.24. The quantitative estimate of drug-likeness (QED) is 0.752. The summed E-state index contributed by atoms with van der Waals surface area (Å²) in [6, 6.07) is 7.96. The van der Waals surface area contributed by atoms with Crippen LogP contribution in [0, 0.1) is 5.92 Å². The van der Waals surface area contributed by atoms with Crippen LogP contribution in [0.5, 0.6) is 0 Å². The number of carbonyl (C=O) groups excluding carboxylic acids is 1. The highest BCUT2D eigenvalue weighted by molar-refractivity contribution is 6.03. The van der Waals surface area contributed by atoms with Crippen molar-refractivity contribution in [1.29, 1.82) is 0 Å². The monoisotopic (exact) mass is 243 g/mol. The van der Waals surface area contributed by atoms with E-state index in [2.05, 4.69) is 18.4 Å². The van der Waals surface area contributed by atoms with Crippen molar-refractivity contribution in [3.63, 3.8) is 0 Å². The summed E-state index contributed by atoms with van der Waals surface area (Å²) in [7, 11) is 0. The number of ketones is 1. The Morgan fingerprint density at radius 2 is 2.22 bits per heavy atom. The van der Waals surface area contributed by atoms with Crippen LogP contribution in [0.3, 0.4) is 0 Å². The van der Waals surface area contributed by atoms with Gasteiger partial charge < -0.3 is 4.90 Å². The van der Waals surface area contributed by atoms with Crippen LogP contribution in [0.15, 0.2) is 36.9 Å². The summed E-state index contributed by atoms with van der Waals surface area (Å²) in [5.41, 5.74) is 1.95. The van der Waals surface area contributed by atoms with Crippen LogP contribution in [0.25, 0.3) is 0 Å². The first-order valence-electron chi connectivity index (χ1n) is 6.77. The molecular formula is C16H21NO. The van der Waals surface area contributed by atoms with E-state index in [1.165, 1.54) is 0 Å². The van der Waals surface area contributed by atoms with E-state index in [1.54, 1.807) is 0 Å². The molecule has 0 bridgehead atoms. The van der Waals surface area contributed by atoms with Crippen LogP contribution in [0.1, 0.15) is 36.5 Å². The molecule has 0 aromatic heterocycles. The molecule has 1 aliphatic rings. The number of benzene rings is 1. The smallest absolute Gasteiger partial charge is 0.168 e. The lowest BCUT2D eigenvalue weighted by atomic mass is 9.91. The first kappa shape index (κ1) is 12.9. The Bertz CT molecular complexity index is 438. The number of para-hydroxylation sites is 1. The number of fused-ring (bicyclic) bond motifs is 1. The molecule has 2 heteroatoms. The summed E-state index contributed by atoms with van der Waals surface area (Å²) in [4.78, 5) is 14.8. The van der Waals surface area contributed by atoms with E-state index < -0.39 is 0 Å². The van der Waals surface area contributed by atoms with Crippen molar-refractivity contribution in [3.05, 3.63) is 42.5 Å². The van der Waals surface area contributed by atoms with Crippen molar-refractivity contribution in [2.75, 3.05) is 18.0 Å². The fraction of sp³-hybridized carbons (Fsp3) is 0.438. The summed E-state index contributed by atoms with van der Waals surface area (Å²) in [6.07, 6.45) is 4.92. The predicted molar refractivity (Wildman–Crippen MR) is 76.2 cm³/mol. The van der Waals surface area contributed by atoms with Gasteiger partial charge in [-0.1, -0.05) is 31.6 Å². The van der Waals surface area contributed by atoms with Gasteiger partial charge in [-0.15, -0.1) is 6.58 Å². The van der Waals surface area contributed by atoms with E-state index in [-0.39, 0.29) is 5.92 Å². The highest BCUT2D eigenvalue weighted by Crippen LogP contribution is 2.30. The zero-order valence-electron chi connectivity index (χ0n) is 11.1. The number of anilines is 1. The van der Waals surface area contributed by atoms with E-state index in [9.17, 15) is 4.79 Å². The second-order valence-electron chi connectivity index (χ2n) is 4.89. The number of carbonyl (C=O) groups is 1. The molecule has 1 heterocycles. The first-order valence-corrected chi connectivity index (χ1v) is 6.77. The molecule has 1 aliphatic heterocycles. The van der Waals surface area contributed by atoms with Crippen LogP contribution >= 0.6 is 0 Å². The Hall–Kier alpha value is -1.57. The number of hydrogen-bond acceptors (Lipinski definition) is 2. The topological polar surface area (TPSA) is 20.3 Å². The number of nitrogens with zero attached hydrogens (tertiary/aromatic N) is 1. The fourth-order valence-electron chi connectivity index (χ4n) is 2.71. The third-order valence-corrected chi connectivity index (χ3v) is 3.62. The molecule has 2 nitrogen and oxygen atoms in total. The van der Waals surface area contributed by atoms with Gasteiger partial charge in [0, 0.05) is 30.3 Å². The highest BCUT2D eigenvalue weighted by atomic mass is 16.1. The predicted octanol–water partition coefficient (Wildman–Crippen LogP) is 3.68. The first-order chi connectivity index (χ1) is 8.77. The molecule has 0 radical (unpaired) electrons. The van der Waals surface area contributed by atoms with Gasteiger partial charge >= 0.3 is 0 Å². The maximum absolute atomic E-state index is 12.5.